The van der Waals surface area contributed by atoms with Gasteiger partial charge in [0.1, 0.15) is 0 Å². The molecule has 1 aliphatic carbocycles. The van der Waals surface area contributed by atoms with Crippen LogP contribution in [0, 0.1) is 6.92 Å². The van der Waals surface area contributed by atoms with Crippen molar-refractivity contribution in [3.05, 3.63) is 23.5 Å². The fourth-order valence-corrected chi connectivity index (χ4v) is 3.17. The van der Waals surface area contributed by atoms with Gasteiger partial charge in [-0.1, -0.05) is 6.92 Å². The van der Waals surface area contributed by atoms with Crippen molar-refractivity contribution in [1.29, 1.82) is 0 Å². The first kappa shape index (κ1) is 14.8. The summed E-state index contributed by atoms with van der Waals surface area (Å²) in [5.74, 6) is 0. The lowest BCUT2D eigenvalue weighted by Gasteiger charge is -2.37. The summed E-state index contributed by atoms with van der Waals surface area (Å²) in [6, 6.07) is 3.16. The number of nitrogens with one attached hydrogen (secondary N) is 1. The molecule has 1 aromatic heterocycles. The largest absolute Gasteiger partial charge is 0.369 e. The van der Waals surface area contributed by atoms with E-state index in [1.165, 1.54) is 43.6 Å². The highest BCUT2D eigenvalue weighted by atomic mass is 15.3. The number of rotatable bonds is 6. The number of aromatic nitrogens is 1. The van der Waals surface area contributed by atoms with Gasteiger partial charge in [-0.25, -0.2) is 0 Å². The Morgan fingerprint density at radius 3 is 2.67 bits per heavy atom. The minimum absolute atomic E-state index is 0.900. The summed E-state index contributed by atoms with van der Waals surface area (Å²) in [5.41, 5.74) is 3.85. The van der Waals surface area contributed by atoms with Gasteiger partial charge in [-0.05, 0) is 38.8 Å². The summed E-state index contributed by atoms with van der Waals surface area (Å²) in [6.45, 7) is 11.0. The van der Waals surface area contributed by atoms with E-state index in [4.69, 9.17) is 0 Å². The molecule has 21 heavy (non-hydrogen) atoms. The normalized spacial score (nSPS) is 20.0. The number of nitrogens with zero attached hydrogens (tertiary/aromatic N) is 3. The number of anilines is 1. The quantitative estimate of drug-likeness (QED) is 0.813. The summed E-state index contributed by atoms with van der Waals surface area (Å²) in [4.78, 5) is 9.71. The molecule has 0 radical (unpaired) electrons. The van der Waals surface area contributed by atoms with Crippen LogP contribution in [-0.4, -0.2) is 48.6 Å². The molecule has 0 bridgehead atoms. The number of piperazine rings is 1. The average molecular weight is 288 g/mol. The Morgan fingerprint density at radius 2 is 2.00 bits per heavy atom. The van der Waals surface area contributed by atoms with Crippen molar-refractivity contribution in [2.75, 3.05) is 37.6 Å². The lowest BCUT2D eigenvalue weighted by Crippen LogP contribution is -2.47. The van der Waals surface area contributed by atoms with E-state index in [9.17, 15) is 0 Å². The summed E-state index contributed by atoms with van der Waals surface area (Å²) >= 11 is 0. The molecule has 1 saturated heterocycles. The molecule has 0 aromatic carbocycles. The van der Waals surface area contributed by atoms with E-state index in [-0.39, 0.29) is 0 Å². The predicted octanol–water partition coefficient (Wildman–Crippen LogP) is 2.17. The number of aryl methyl sites for hydroxylation is 1. The Balaban J connectivity index is 1.66. The van der Waals surface area contributed by atoms with Crippen LogP contribution in [0.1, 0.15) is 37.4 Å². The zero-order chi connectivity index (χ0) is 14.7. The Kier molecular flexibility index (Phi) is 4.76. The highest BCUT2D eigenvalue weighted by Crippen LogP contribution is 2.29. The van der Waals surface area contributed by atoms with Crippen LogP contribution in [0.2, 0.25) is 0 Å². The van der Waals surface area contributed by atoms with Crippen LogP contribution >= 0.6 is 0 Å². The summed E-state index contributed by atoms with van der Waals surface area (Å²) in [6.07, 6.45) is 6.07. The fraction of sp³-hybridized carbons (Fsp3) is 0.706. The van der Waals surface area contributed by atoms with Crippen LogP contribution < -0.4 is 10.2 Å². The van der Waals surface area contributed by atoms with Crippen molar-refractivity contribution in [2.45, 2.75) is 45.7 Å². The van der Waals surface area contributed by atoms with Crippen molar-refractivity contribution in [3.63, 3.8) is 0 Å². The van der Waals surface area contributed by atoms with E-state index in [0.717, 1.165) is 37.9 Å². The molecule has 1 aliphatic heterocycles. The Morgan fingerprint density at radius 1 is 1.24 bits per heavy atom. The van der Waals surface area contributed by atoms with Crippen LogP contribution in [0.4, 0.5) is 5.69 Å². The molecular weight excluding hydrogens is 260 g/mol. The third kappa shape index (κ3) is 3.74. The zero-order valence-electron chi connectivity index (χ0n) is 13.4. The van der Waals surface area contributed by atoms with Gasteiger partial charge < -0.3 is 10.2 Å². The van der Waals surface area contributed by atoms with Crippen LogP contribution in [0.25, 0.3) is 0 Å². The van der Waals surface area contributed by atoms with Crippen molar-refractivity contribution < 1.29 is 0 Å². The second-order valence-corrected chi connectivity index (χ2v) is 6.39. The molecule has 0 atom stereocenters. The lowest BCUT2D eigenvalue weighted by atomic mass is 10.1. The SMILES string of the molecule is CCCNCc1cnc(C)cc1N1CCN(C2CC2)CC1. The minimum Gasteiger partial charge on any atom is -0.369 e. The molecule has 2 aliphatic rings. The topological polar surface area (TPSA) is 31.4 Å². The third-order valence-corrected chi connectivity index (χ3v) is 4.56. The molecule has 4 heteroatoms. The van der Waals surface area contributed by atoms with Gasteiger partial charge in [-0.2, -0.15) is 0 Å². The van der Waals surface area contributed by atoms with Crippen LogP contribution in [0.15, 0.2) is 12.3 Å². The lowest BCUT2D eigenvalue weighted by molar-refractivity contribution is 0.248. The number of hydrogen-bond acceptors (Lipinski definition) is 4. The number of pyridine rings is 1. The van der Waals surface area contributed by atoms with Crippen molar-refractivity contribution in [3.8, 4) is 0 Å². The molecule has 2 fully saturated rings. The van der Waals surface area contributed by atoms with Crippen LogP contribution in [-0.2, 0) is 6.54 Å². The first-order chi connectivity index (χ1) is 10.3. The van der Waals surface area contributed by atoms with E-state index >= 15 is 0 Å². The number of hydrogen-bond donors (Lipinski definition) is 1. The van der Waals surface area contributed by atoms with E-state index < -0.39 is 0 Å². The van der Waals surface area contributed by atoms with Crippen molar-refractivity contribution >= 4 is 5.69 Å². The Bertz CT molecular complexity index is 462. The molecule has 116 valence electrons. The maximum atomic E-state index is 4.49. The van der Waals surface area contributed by atoms with Crippen LogP contribution in [0.3, 0.4) is 0 Å². The van der Waals surface area contributed by atoms with E-state index in [1.807, 2.05) is 0 Å². The first-order valence-electron chi connectivity index (χ1n) is 8.43. The molecule has 0 unspecified atom stereocenters. The third-order valence-electron chi connectivity index (χ3n) is 4.56. The van der Waals surface area contributed by atoms with E-state index in [1.54, 1.807) is 0 Å². The highest BCUT2D eigenvalue weighted by molar-refractivity contribution is 5.54. The smallest absolute Gasteiger partial charge is 0.0446 e. The first-order valence-corrected chi connectivity index (χ1v) is 8.43. The molecule has 1 saturated carbocycles. The standard InChI is InChI=1S/C17H28N4/c1-3-6-18-12-15-13-19-14(2)11-17(15)21-9-7-20(8-10-21)16-4-5-16/h11,13,16,18H,3-10,12H2,1-2H3. The van der Waals surface area contributed by atoms with Gasteiger partial charge in [0.25, 0.3) is 0 Å². The fourth-order valence-electron chi connectivity index (χ4n) is 3.17. The Labute approximate surface area is 128 Å². The summed E-state index contributed by atoms with van der Waals surface area (Å²) < 4.78 is 0. The second kappa shape index (κ2) is 6.75. The maximum Gasteiger partial charge on any atom is 0.0446 e. The molecule has 1 aromatic rings. The summed E-state index contributed by atoms with van der Waals surface area (Å²) in [5, 5.41) is 3.51. The van der Waals surface area contributed by atoms with Gasteiger partial charge in [0.2, 0.25) is 0 Å². The molecule has 1 N–H and O–H groups in total. The minimum atomic E-state index is 0.900. The van der Waals surface area contributed by atoms with Crippen LogP contribution in [0.5, 0.6) is 0 Å². The second-order valence-electron chi connectivity index (χ2n) is 6.39. The molecule has 0 spiro atoms. The molecular formula is C17H28N4. The molecule has 2 heterocycles. The van der Waals surface area contributed by atoms with Gasteiger partial charge in [-0.3, -0.25) is 9.88 Å². The van der Waals surface area contributed by atoms with Gasteiger partial charge in [0, 0.05) is 61.9 Å². The van der Waals surface area contributed by atoms with Crippen molar-refractivity contribution in [1.82, 2.24) is 15.2 Å². The monoisotopic (exact) mass is 288 g/mol. The highest BCUT2D eigenvalue weighted by Gasteiger charge is 2.31. The van der Waals surface area contributed by atoms with Gasteiger partial charge in [0.15, 0.2) is 0 Å². The Hall–Kier alpha value is -1.13. The molecule has 4 nitrogen and oxygen atoms in total. The van der Waals surface area contributed by atoms with E-state index in [0.29, 0.717) is 0 Å². The zero-order valence-corrected chi connectivity index (χ0v) is 13.4. The van der Waals surface area contributed by atoms with E-state index in [2.05, 4.69) is 46.2 Å². The summed E-state index contributed by atoms with van der Waals surface area (Å²) in [7, 11) is 0. The van der Waals surface area contributed by atoms with Gasteiger partial charge >= 0.3 is 0 Å². The van der Waals surface area contributed by atoms with Gasteiger partial charge in [-0.15, -0.1) is 0 Å². The predicted molar refractivity (Wildman–Crippen MR) is 87.8 cm³/mol. The van der Waals surface area contributed by atoms with Crippen molar-refractivity contribution in [2.24, 2.45) is 0 Å². The van der Waals surface area contributed by atoms with Gasteiger partial charge in [0.05, 0.1) is 0 Å². The maximum absolute atomic E-state index is 4.49. The molecule has 3 rings (SSSR count). The molecule has 0 amide bonds. The average Bonchev–Trinajstić information content (AvgIpc) is 3.34.